The van der Waals surface area contributed by atoms with E-state index in [2.05, 4.69) is 50.5 Å². The molecule has 1 aliphatic carbocycles. The standard InChI is InChI=1S/C30H34ClN5O3S/c1-30(2)12-11-23(27(19-30)22-3-5-24(31)6-4-22)21-35-15-17-36(18-16-35)25-7-9-26(10-8-25)40(38,39)34-29(37)28-20-32-13-14-33-28/h3-10,13-14,20H,11-12,15-19,21H2,1-2H3,(H,34,37). The van der Waals surface area contributed by atoms with E-state index in [1.165, 1.54) is 53.9 Å². The minimum absolute atomic E-state index is 0.0222. The molecule has 40 heavy (non-hydrogen) atoms. The number of amides is 1. The predicted octanol–water partition coefficient (Wildman–Crippen LogP) is 5.03. The van der Waals surface area contributed by atoms with Crippen LogP contribution in [0.5, 0.6) is 0 Å². The van der Waals surface area contributed by atoms with Crippen molar-refractivity contribution >= 4 is 38.8 Å². The van der Waals surface area contributed by atoms with E-state index in [4.69, 9.17) is 11.6 Å². The number of hydrogen-bond donors (Lipinski definition) is 1. The molecule has 10 heteroatoms. The highest BCUT2D eigenvalue weighted by Gasteiger charge is 2.29. The molecule has 8 nitrogen and oxygen atoms in total. The molecule has 2 heterocycles. The lowest BCUT2D eigenvalue weighted by atomic mass is 9.72. The summed E-state index contributed by atoms with van der Waals surface area (Å²) in [5.74, 6) is -0.816. The molecule has 0 spiro atoms. The second-order valence-electron chi connectivity index (χ2n) is 11.2. The number of carbonyl (C=O) groups excluding carboxylic acids is 1. The zero-order chi connectivity index (χ0) is 28.3. The van der Waals surface area contributed by atoms with E-state index in [1.54, 1.807) is 12.1 Å². The average Bonchev–Trinajstić information content (AvgIpc) is 2.95. The van der Waals surface area contributed by atoms with Gasteiger partial charge in [0.2, 0.25) is 0 Å². The number of sulfonamides is 1. The summed E-state index contributed by atoms with van der Waals surface area (Å²) in [7, 11) is -4.03. The maximum absolute atomic E-state index is 12.7. The van der Waals surface area contributed by atoms with Gasteiger partial charge in [0.15, 0.2) is 0 Å². The van der Waals surface area contributed by atoms with Crippen LogP contribution in [0.4, 0.5) is 5.69 Å². The second-order valence-corrected chi connectivity index (χ2v) is 13.3. The van der Waals surface area contributed by atoms with E-state index in [-0.39, 0.29) is 16.0 Å². The van der Waals surface area contributed by atoms with Crippen LogP contribution in [0.2, 0.25) is 5.02 Å². The van der Waals surface area contributed by atoms with Crippen molar-refractivity contribution in [3.8, 4) is 0 Å². The first-order valence-electron chi connectivity index (χ1n) is 13.5. The molecule has 0 bridgehead atoms. The molecule has 1 aliphatic heterocycles. The molecule has 2 aromatic carbocycles. The smallest absolute Gasteiger partial charge is 0.285 e. The SMILES string of the molecule is CC1(C)CCC(CN2CCN(c3ccc(S(=O)(=O)NC(=O)c4cnccn4)cc3)CC2)=C(c2ccc(Cl)cc2)C1. The molecule has 1 aromatic heterocycles. The number of carbonyl (C=O) groups is 1. The lowest BCUT2D eigenvalue weighted by molar-refractivity contribution is 0.0976. The normalized spacial score (nSPS) is 18.0. The van der Waals surface area contributed by atoms with Crippen molar-refractivity contribution < 1.29 is 13.2 Å². The van der Waals surface area contributed by atoms with Gasteiger partial charge in [0.1, 0.15) is 5.69 Å². The number of piperazine rings is 1. The van der Waals surface area contributed by atoms with Gasteiger partial charge in [-0.05, 0) is 72.2 Å². The summed E-state index contributed by atoms with van der Waals surface area (Å²) in [5, 5.41) is 0.759. The average molecular weight is 580 g/mol. The van der Waals surface area contributed by atoms with Crippen molar-refractivity contribution in [1.29, 1.82) is 0 Å². The fraction of sp³-hybridized carbons (Fsp3) is 0.367. The van der Waals surface area contributed by atoms with Crippen molar-refractivity contribution in [1.82, 2.24) is 19.6 Å². The maximum Gasteiger partial charge on any atom is 0.285 e. The molecular weight excluding hydrogens is 546 g/mol. The number of halogens is 1. The number of benzene rings is 2. The van der Waals surface area contributed by atoms with E-state index in [1.807, 2.05) is 12.1 Å². The lowest BCUT2D eigenvalue weighted by Gasteiger charge is -2.39. The van der Waals surface area contributed by atoms with Crippen LogP contribution in [0.3, 0.4) is 0 Å². The fourth-order valence-corrected chi connectivity index (χ4v) is 6.47. The predicted molar refractivity (Wildman–Crippen MR) is 158 cm³/mol. The Labute approximate surface area is 241 Å². The number of aromatic nitrogens is 2. The van der Waals surface area contributed by atoms with Gasteiger partial charge in [0.25, 0.3) is 15.9 Å². The third-order valence-electron chi connectivity index (χ3n) is 7.70. The molecule has 0 atom stereocenters. The van der Waals surface area contributed by atoms with Gasteiger partial charge in [0, 0.05) is 55.8 Å². The molecule has 1 amide bonds. The van der Waals surface area contributed by atoms with Crippen LogP contribution in [0.15, 0.2) is 77.6 Å². The summed E-state index contributed by atoms with van der Waals surface area (Å²) in [4.78, 5) is 24.7. The molecule has 2 aliphatic rings. The van der Waals surface area contributed by atoms with Crippen molar-refractivity contribution in [2.75, 3.05) is 37.6 Å². The van der Waals surface area contributed by atoms with Crippen LogP contribution in [0.25, 0.3) is 5.57 Å². The van der Waals surface area contributed by atoms with Gasteiger partial charge in [-0.25, -0.2) is 18.1 Å². The molecule has 1 fully saturated rings. The van der Waals surface area contributed by atoms with Gasteiger partial charge in [-0.15, -0.1) is 0 Å². The Morgan fingerprint density at radius 3 is 2.35 bits per heavy atom. The van der Waals surface area contributed by atoms with Crippen LogP contribution in [-0.2, 0) is 10.0 Å². The monoisotopic (exact) mass is 579 g/mol. The third-order valence-corrected chi connectivity index (χ3v) is 9.30. The molecule has 0 saturated carbocycles. The summed E-state index contributed by atoms with van der Waals surface area (Å²) in [6.45, 7) is 9.21. The van der Waals surface area contributed by atoms with Crippen molar-refractivity contribution in [3.05, 3.63) is 89.0 Å². The Hall–Kier alpha value is -3.27. The Kier molecular flexibility index (Phi) is 8.26. The highest BCUT2D eigenvalue weighted by Crippen LogP contribution is 2.43. The number of rotatable bonds is 7. The van der Waals surface area contributed by atoms with E-state index >= 15 is 0 Å². The van der Waals surface area contributed by atoms with Gasteiger partial charge >= 0.3 is 0 Å². The van der Waals surface area contributed by atoms with Crippen LogP contribution in [0.1, 0.15) is 49.2 Å². The van der Waals surface area contributed by atoms with Gasteiger partial charge < -0.3 is 4.90 Å². The Bertz CT molecular complexity index is 1480. The summed E-state index contributed by atoms with van der Waals surface area (Å²) < 4.78 is 27.5. The number of hydrogen-bond acceptors (Lipinski definition) is 7. The number of allylic oxidation sites excluding steroid dienone is 1. The van der Waals surface area contributed by atoms with E-state index < -0.39 is 15.9 Å². The summed E-state index contributed by atoms with van der Waals surface area (Å²) >= 11 is 6.16. The number of nitrogens with zero attached hydrogens (tertiary/aromatic N) is 4. The van der Waals surface area contributed by atoms with Crippen molar-refractivity contribution in [3.63, 3.8) is 0 Å². The Morgan fingerprint density at radius 1 is 1.00 bits per heavy atom. The topological polar surface area (TPSA) is 95.5 Å². The van der Waals surface area contributed by atoms with Gasteiger partial charge in [-0.3, -0.25) is 14.7 Å². The maximum atomic E-state index is 12.7. The van der Waals surface area contributed by atoms with Gasteiger partial charge in [-0.1, -0.05) is 43.2 Å². The quantitative estimate of drug-likeness (QED) is 0.419. The third kappa shape index (κ3) is 6.71. The minimum Gasteiger partial charge on any atom is -0.369 e. The van der Waals surface area contributed by atoms with Crippen LogP contribution < -0.4 is 9.62 Å². The first-order valence-corrected chi connectivity index (χ1v) is 15.3. The first kappa shape index (κ1) is 28.3. The molecule has 5 rings (SSSR count). The summed E-state index contributed by atoms with van der Waals surface area (Å²) in [6.07, 6.45) is 7.33. The van der Waals surface area contributed by atoms with Crippen molar-refractivity contribution in [2.24, 2.45) is 5.41 Å². The van der Waals surface area contributed by atoms with E-state index in [9.17, 15) is 13.2 Å². The molecule has 0 unspecified atom stereocenters. The number of nitrogens with one attached hydrogen (secondary N) is 1. The van der Waals surface area contributed by atoms with Crippen LogP contribution in [-0.4, -0.2) is 61.9 Å². The Morgan fingerprint density at radius 2 is 1.70 bits per heavy atom. The second kappa shape index (κ2) is 11.7. The molecule has 210 valence electrons. The highest BCUT2D eigenvalue weighted by molar-refractivity contribution is 7.90. The lowest BCUT2D eigenvalue weighted by Crippen LogP contribution is -2.47. The zero-order valence-electron chi connectivity index (χ0n) is 22.8. The van der Waals surface area contributed by atoms with Crippen molar-refractivity contribution in [2.45, 2.75) is 38.0 Å². The van der Waals surface area contributed by atoms with Gasteiger partial charge in [0.05, 0.1) is 11.1 Å². The molecule has 3 aromatic rings. The molecule has 1 N–H and O–H groups in total. The van der Waals surface area contributed by atoms with Crippen LogP contribution in [0, 0.1) is 5.41 Å². The van der Waals surface area contributed by atoms with E-state index in [0.717, 1.165) is 56.3 Å². The molecule has 1 saturated heterocycles. The van der Waals surface area contributed by atoms with Crippen LogP contribution >= 0.6 is 11.6 Å². The number of anilines is 1. The summed E-state index contributed by atoms with van der Waals surface area (Å²) in [6, 6.07) is 14.9. The largest absolute Gasteiger partial charge is 0.369 e. The molecular formula is C30H34ClN5O3S. The van der Waals surface area contributed by atoms with E-state index in [0.29, 0.717) is 0 Å². The fourth-order valence-electron chi connectivity index (χ4n) is 5.38. The minimum atomic E-state index is -4.03. The van der Waals surface area contributed by atoms with Gasteiger partial charge in [-0.2, -0.15) is 0 Å². The summed E-state index contributed by atoms with van der Waals surface area (Å²) in [5.41, 5.74) is 5.43. The zero-order valence-corrected chi connectivity index (χ0v) is 24.4. The highest BCUT2D eigenvalue weighted by atomic mass is 35.5. The Balaban J connectivity index is 1.21. The first-order chi connectivity index (χ1) is 19.1. The molecule has 0 radical (unpaired) electrons.